The molecule has 0 spiro atoms. The zero-order chi connectivity index (χ0) is 11.5. The number of anilines is 1. The smallest absolute Gasteiger partial charge is 0.285 e. The van der Waals surface area contributed by atoms with Crippen molar-refractivity contribution in [3.05, 3.63) is 21.6 Å². The highest BCUT2D eigenvalue weighted by Gasteiger charge is 2.20. The number of hydrogen-bond donors (Lipinski definition) is 2. The number of halogens is 1. The standard InChI is InChI=1S/C10H16ClN3O/c1-4-10(3,5-2)13-7-6-12-14-9(15)8(7)11/h6H,4-5H2,1-3H3,(H2,13,14,15). The molecule has 5 heteroatoms. The average molecular weight is 230 g/mol. The van der Waals surface area contributed by atoms with Crippen molar-refractivity contribution in [2.75, 3.05) is 5.32 Å². The van der Waals surface area contributed by atoms with E-state index in [0.29, 0.717) is 5.69 Å². The van der Waals surface area contributed by atoms with Crippen molar-refractivity contribution in [3.8, 4) is 0 Å². The summed E-state index contributed by atoms with van der Waals surface area (Å²) in [5.74, 6) is 0. The van der Waals surface area contributed by atoms with Gasteiger partial charge >= 0.3 is 0 Å². The van der Waals surface area contributed by atoms with Crippen LogP contribution in [0.4, 0.5) is 5.69 Å². The molecule has 0 bridgehead atoms. The number of hydrogen-bond acceptors (Lipinski definition) is 3. The third-order valence-corrected chi connectivity index (χ3v) is 3.17. The quantitative estimate of drug-likeness (QED) is 0.834. The molecule has 0 saturated carbocycles. The fourth-order valence-corrected chi connectivity index (χ4v) is 1.36. The highest BCUT2D eigenvalue weighted by Crippen LogP contribution is 2.24. The number of aromatic nitrogens is 2. The molecule has 0 aliphatic carbocycles. The van der Waals surface area contributed by atoms with Crippen LogP contribution >= 0.6 is 11.6 Å². The summed E-state index contributed by atoms with van der Waals surface area (Å²) >= 11 is 5.87. The molecular weight excluding hydrogens is 214 g/mol. The van der Waals surface area contributed by atoms with Gasteiger partial charge in [0.15, 0.2) is 0 Å². The summed E-state index contributed by atoms with van der Waals surface area (Å²) in [7, 11) is 0. The molecular formula is C10H16ClN3O. The number of nitrogens with one attached hydrogen (secondary N) is 2. The molecule has 0 atom stereocenters. The first-order valence-electron chi connectivity index (χ1n) is 5.03. The Labute approximate surface area is 94.0 Å². The lowest BCUT2D eigenvalue weighted by Gasteiger charge is -2.29. The lowest BCUT2D eigenvalue weighted by atomic mass is 9.95. The van der Waals surface area contributed by atoms with E-state index in [2.05, 4.69) is 36.3 Å². The summed E-state index contributed by atoms with van der Waals surface area (Å²) in [4.78, 5) is 11.2. The maximum atomic E-state index is 11.2. The summed E-state index contributed by atoms with van der Waals surface area (Å²) in [5.41, 5.74) is 0.168. The third-order valence-electron chi connectivity index (χ3n) is 2.79. The Balaban J connectivity index is 2.99. The van der Waals surface area contributed by atoms with Gasteiger partial charge in [0, 0.05) is 5.54 Å². The highest BCUT2D eigenvalue weighted by molar-refractivity contribution is 6.32. The maximum absolute atomic E-state index is 11.2. The van der Waals surface area contributed by atoms with Gasteiger partial charge in [0.25, 0.3) is 5.56 Å². The Morgan fingerprint density at radius 3 is 2.67 bits per heavy atom. The lowest BCUT2D eigenvalue weighted by Crippen LogP contribution is -2.33. The average Bonchev–Trinajstić information content (AvgIpc) is 2.25. The summed E-state index contributed by atoms with van der Waals surface area (Å²) < 4.78 is 0. The third kappa shape index (κ3) is 2.72. The highest BCUT2D eigenvalue weighted by atomic mass is 35.5. The first-order valence-corrected chi connectivity index (χ1v) is 5.41. The number of aromatic amines is 1. The Kier molecular flexibility index (Phi) is 3.74. The molecule has 1 aromatic rings. The molecule has 1 heterocycles. The molecule has 0 aromatic carbocycles. The minimum absolute atomic E-state index is 0.0564. The van der Waals surface area contributed by atoms with E-state index < -0.39 is 0 Å². The monoisotopic (exact) mass is 229 g/mol. The van der Waals surface area contributed by atoms with E-state index >= 15 is 0 Å². The van der Waals surface area contributed by atoms with Gasteiger partial charge in [-0.2, -0.15) is 5.10 Å². The van der Waals surface area contributed by atoms with E-state index in [9.17, 15) is 4.79 Å². The molecule has 1 aromatic heterocycles. The number of rotatable bonds is 4. The van der Waals surface area contributed by atoms with Gasteiger partial charge in [-0.05, 0) is 19.8 Å². The zero-order valence-electron chi connectivity index (χ0n) is 9.22. The van der Waals surface area contributed by atoms with Crippen LogP contribution in [-0.4, -0.2) is 15.7 Å². The summed E-state index contributed by atoms with van der Waals surface area (Å²) in [6.45, 7) is 6.26. The van der Waals surface area contributed by atoms with Gasteiger partial charge in [-0.1, -0.05) is 25.4 Å². The molecule has 0 saturated heterocycles. The normalized spacial score (nSPS) is 11.5. The van der Waals surface area contributed by atoms with Gasteiger partial charge in [-0.25, -0.2) is 5.10 Å². The zero-order valence-corrected chi connectivity index (χ0v) is 9.98. The van der Waals surface area contributed by atoms with Crippen LogP contribution < -0.4 is 10.9 Å². The van der Waals surface area contributed by atoms with Crippen molar-refractivity contribution >= 4 is 17.3 Å². The van der Waals surface area contributed by atoms with Crippen LogP contribution in [0.3, 0.4) is 0 Å². The topological polar surface area (TPSA) is 57.8 Å². The van der Waals surface area contributed by atoms with Crippen molar-refractivity contribution < 1.29 is 0 Å². The maximum Gasteiger partial charge on any atom is 0.285 e. The molecule has 4 nitrogen and oxygen atoms in total. The molecule has 0 fully saturated rings. The van der Waals surface area contributed by atoms with Crippen LogP contribution in [0.2, 0.25) is 5.02 Å². The SMILES string of the molecule is CCC(C)(CC)Nc1cn[nH]c(=O)c1Cl. The molecule has 2 N–H and O–H groups in total. The Bertz CT molecular complexity index is 384. The van der Waals surface area contributed by atoms with Gasteiger partial charge in [0.05, 0.1) is 11.9 Å². The second-order valence-electron chi connectivity index (χ2n) is 3.82. The van der Waals surface area contributed by atoms with Crippen molar-refractivity contribution in [1.29, 1.82) is 0 Å². The second-order valence-corrected chi connectivity index (χ2v) is 4.20. The molecule has 0 aliphatic heterocycles. The Morgan fingerprint density at radius 2 is 2.13 bits per heavy atom. The van der Waals surface area contributed by atoms with Gasteiger partial charge in [0.2, 0.25) is 0 Å². The van der Waals surface area contributed by atoms with Crippen LogP contribution in [0.15, 0.2) is 11.0 Å². The summed E-state index contributed by atoms with van der Waals surface area (Å²) in [6, 6.07) is 0. The first kappa shape index (κ1) is 12.0. The van der Waals surface area contributed by atoms with Crippen LogP contribution in [0.5, 0.6) is 0 Å². The van der Waals surface area contributed by atoms with Crippen LogP contribution in [0.25, 0.3) is 0 Å². The number of H-pyrrole nitrogens is 1. The summed E-state index contributed by atoms with van der Waals surface area (Å²) in [6.07, 6.45) is 3.44. The fourth-order valence-electron chi connectivity index (χ4n) is 1.22. The Morgan fingerprint density at radius 1 is 1.53 bits per heavy atom. The lowest BCUT2D eigenvalue weighted by molar-refractivity contribution is 0.478. The van der Waals surface area contributed by atoms with Gasteiger partial charge in [-0.15, -0.1) is 0 Å². The molecule has 0 radical (unpaired) electrons. The second kappa shape index (κ2) is 4.66. The van der Waals surface area contributed by atoms with Gasteiger partial charge in [0.1, 0.15) is 5.02 Å². The molecule has 0 amide bonds. The first-order chi connectivity index (χ1) is 7.02. The van der Waals surface area contributed by atoms with Crippen LogP contribution in [0.1, 0.15) is 33.6 Å². The molecule has 84 valence electrons. The molecule has 0 aliphatic rings. The van der Waals surface area contributed by atoms with E-state index in [0.717, 1.165) is 12.8 Å². The van der Waals surface area contributed by atoms with Crippen molar-refractivity contribution in [3.63, 3.8) is 0 Å². The minimum atomic E-state index is -0.365. The van der Waals surface area contributed by atoms with Crippen LogP contribution in [0, 0.1) is 0 Å². The van der Waals surface area contributed by atoms with Crippen molar-refractivity contribution in [2.24, 2.45) is 0 Å². The fraction of sp³-hybridized carbons (Fsp3) is 0.600. The molecule has 15 heavy (non-hydrogen) atoms. The van der Waals surface area contributed by atoms with Gasteiger partial charge in [-0.3, -0.25) is 4.79 Å². The van der Waals surface area contributed by atoms with E-state index in [1.165, 1.54) is 6.20 Å². The molecule has 1 rings (SSSR count). The van der Waals surface area contributed by atoms with Crippen molar-refractivity contribution in [1.82, 2.24) is 10.2 Å². The summed E-state index contributed by atoms with van der Waals surface area (Å²) in [5, 5.41) is 9.41. The predicted molar refractivity (Wildman–Crippen MR) is 62.5 cm³/mol. The Hall–Kier alpha value is -1.03. The van der Waals surface area contributed by atoms with Gasteiger partial charge < -0.3 is 5.32 Å². The van der Waals surface area contributed by atoms with E-state index in [-0.39, 0.29) is 16.1 Å². The van der Waals surface area contributed by atoms with Crippen molar-refractivity contribution in [2.45, 2.75) is 39.2 Å². The largest absolute Gasteiger partial charge is 0.377 e. The molecule has 0 unspecified atom stereocenters. The van der Waals surface area contributed by atoms with E-state index in [1.807, 2.05) is 0 Å². The van der Waals surface area contributed by atoms with E-state index in [4.69, 9.17) is 11.6 Å². The predicted octanol–water partition coefficient (Wildman–Crippen LogP) is 2.41. The minimum Gasteiger partial charge on any atom is -0.377 e. The number of nitrogens with zero attached hydrogens (tertiary/aromatic N) is 1. The van der Waals surface area contributed by atoms with Crippen LogP contribution in [-0.2, 0) is 0 Å². The van der Waals surface area contributed by atoms with E-state index in [1.54, 1.807) is 0 Å².